The van der Waals surface area contributed by atoms with Gasteiger partial charge in [-0.25, -0.2) is 17.7 Å². The fourth-order valence-electron chi connectivity index (χ4n) is 2.72. The second-order valence-corrected chi connectivity index (χ2v) is 6.22. The second kappa shape index (κ2) is 8.17. The molecular formula is C16H17F6N4O2+. The molecule has 154 valence electrons. The van der Waals surface area contributed by atoms with Crippen molar-refractivity contribution in [2.24, 2.45) is 5.73 Å². The number of halogens is 6. The van der Waals surface area contributed by atoms with Crippen molar-refractivity contribution in [1.82, 2.24) is 4.90 Å². The van der Waals surface area contributed by atoms with Crippen LogP contribution in [0.15, 0.2) is 12.1 Å². The molecule has 1 aliphatic heterocycles. The fourth-order valence-corrected chi connectivity index (χ4v) is 2.72. The zero-order valence-electron chi connectivity index (χ0n) is 14.4. The minimum Gasteiger partial charge on any atom is -0.392 e. The molecule has 1 heterocycles. The van der Waals surface area contributed by atoms with E-state index in [4.69, 9.17) is 11.1 Å². The predicted octanol–water partition coefficient (Wildman–Crippen LogP) is 1.15. The maximum absolute atomic E-state index is 13.6. The zero-order valence-corrected chi connectivity index (χ0v) is 14.4. The standard InChI is InChI=1S/C16H16F6N4O2/c17-10-6-12(19)11(18)4-8(10)3-9(27)5-14(28)25-1-2-26(13(23)7-25)15(24)16(20,21)22/h4,6,9,23-24,27H,1-3,5,7H2/p+1/t9-/m1/s1. The summed E-state index contributed by atoms with van der Waals surface area (Å²) in [6, 6.07) is 0.898. The number of alkyl halides is 3. The average molecular weight is 411 g/mol. The van der Waals surface area contributed by atoms with Gasteiger partial charge in [-0.1, -0.05) is 0 Å². The molecule has 1 aromatic carbocycles. The van der Waals surface area contributed by atoms with Gasteiger partial charge >= 0.3 is 12.0 Å². The Morgan fingerprint density at radius 2 is 1.86 bits per heavy atom. The summed E-state index contributed by atoms with van der Waals surface area (Å²) in [6.45, 7) is -0.919. The van der Waals surface area contributed by atoms with E-state index in [1.165, 1.54) is 0 Å². The van der Waals surface area contributed by atoms with Crippen LogP contribution in [0.25, 0.3) is 0 Å². The molecule has 0 aromatic heterocycles. The molecular weight excluding hydrogens is 394 g/mol. The van der Waals surface area contributed by atoms with Crippen molar-refractivity contribution in [3.63, 3.8) is 0 Å². The Labute approximate surface area is 155 Å². The molecule has 6 nitrogen and oxygen atoms in total. The highest BCUT2D eigenvalue weighted by Gasteiger charge is 2.44. The minimum atomic E-state index is -4.89. The van der Waals surface area contributed by atoms with E-state index in [0.29, 0.717) is 16.7 Å². The van der Waals surface area contributed by atoms with Crippen LogP contribution in [0.5, 0.6) is 0 Å². The number of carbonyl (C=O) groups is 1. The van der Waals surface area contributed by atoms with E-state index in [2.05, 4.69) is 0 Å². The van der Waals surface area contributed by atoms with Crippen molar-refractivity contribution in [3.05, 3.63) is 35.1 Å². The number of hydrogen-bond acceptors (Lipinski definition) is 4. The number of nitrogens with one attached hydrogen (secondary N) is 1. The molecule has 0 radical (unpaired) electrons. The molecule has 0 aliphatic carbocycles. The number of nitrogens with two attached hydrogens (primary N) is 1. The minimum absolute atomic E-state index is 0.176. The lowest BCUT2D eigenvalue weighted by atomic mass is 10.0. The first-order chi connectivity index (χ1) is 12.9. The molecule has 0 spiro atoms. The Balaban J connectivity index is 2.00. The molecule has 0 unspecified atom stereocenters. The van der Waals surface area contributed by atoms with Gasteiger partial charge in [-0.2, -0.15) is 18.6 Å². The lowest BCUT2D eigenvalue weighted by Gasteiger charge is -2.28. The summed E-state index contributed by atoms with van der Waals surface area (Å²) in [5.74, 6) is -6.45. The van der Waals surface area contributed by atoms with Gasteiger partial charge in [-0.15, -0.1) is 0 Å². The lowest BCUT2D eigenvalue weighted by molar-refractivity contribution is -0.437. The van der Waals surface area contributed by atoms with Gasteiger partial charge in [0.25, 0.3) is 0 Å². The first-order valence-electron chi connectivity index (χ1n) is 8.04. The van der Waals surface area contributed by atoms with E-state index < -0.39 is 54.3 Å². The summed E-state index contributed by atoms with van der Waals surface area (Å²) >= 11 is 0. The molecule has 0 saturated carbocycles. The summed E-state index contributed by atoms with van der Waals surface area (Å²) < 4.78 is 78.0. The van der Waals surface area contributed by atoms with Crippen LogP contribution in [-0.4, -0.2) is 64.1 Å². The molecule has 2 rings (SSSR count). The quantitative estimate of drug-likeness (QED) is 0.228. The van der Waals surface area contributed by atoms with Crippen LogP contribution in [-0.2, 0) is 11.2 Å². The van der Waals surface area contributed by atoms with Crippen molar-refractivity contribution in [2.45, 2.75) is 25.1 Å². The molecule has 0 saturated heterocycles. The fraction of sp³-hybridized carbons (Fsp3) is 0.438. The molecule has 1 aliphatic rings. The molecule has 1 atom stereocenters. The number of rotatable bonds is 4. The third kappa shape index (κ3) is 5.00. The van der Waals surface area contributed by atoms with Crippen LogP contribution in [0.3, 0.4) is 0 Å². The largest absolute Gasteiger partial charge is 0.481 e. The van der Waals surface area contributed by atoms with Crippen LogP contribution >= 0.6 is 0 Å². The molecule has 1 amide bonds. The summed E-state index contributed by atoms with van der Waals surface area (Å²) in [7, 11) is 0. The molecule has 4 N–H and O–H groups in total. The average Bonchev–Trinajstić information content (AvgIpc) is 2.58. The third-order valence-electron chi connectivity index (χ3n) is 4.14. The van der Waals surface area contributed by atoms with Gasteiger partial charge in [0.15, 0.2) is 11.6 Å². The first-order valence-corrected chi connectivity index (χ1v) is 8.04. The summed E-state index contributed by atoms with van der Waals surface area (Å²) in [5, 5.41) is 17.0. The van der Waals surface area contributed by atoms with E-state index in [9.17, 15) is 36.2 Å². The van der Waals surface area contributed by atoms with E-state index in [-0.39, 0.29) is 31.0 Å². The predicted molar refractivity (Wildman–Crippen MR) is 85.3 cm³/mol. The Hall–Kier alpha value is -2.63. The van der Waals surface area contributed by atoms with Crippen molar-refractivity contribution in [2.75, 3.05) is 19.6 Å². The van der Waals surface area contributed by atoms with Crippen LogP contribution in [0.1, 0.15) is 12.0 Å². The van der Waals surface area contributed by atoms with Gasteiger partial charge in [0.1, 0.15) is 12.4 Å². The van der Waals surface area contributed by atoms with Crippen molar-refractivity contribution in [3.8, 4) is 0 Å². The maximum atomic E-state index is 13.6. The zero-order chi connectivity index (χ0) is 21.2. The Morgan fingerprint density at radius 1 is 1.25 bits per heavy atom. The van der Waals surface area contributed by atoms with Crippen LogP contribution in [0.2, 0.25) is 0 Å². The maximum Gasteiger partial charge on any atom is 0.481 e. The van der Waals surface area contributed by atoms with Gasteiger partial charge in [-0.3, -0.25) is 4.79 Å². The number of aliphatic hydroxyl groups excluding tert-OH is 1. The number of carbonyl (C=O) groups excluding carboxylic acids is 1. The SMILES string of the molecule is N=C([N+]1=C(N)CN(C(=O)C[C@H](O)Cc2cc(F)c(F)cc2F)CC1)C(F)(F)F. The molecule has 28 heavy (non-hydrogen) atoms. The normalized spacial score (nSPS) is 16.3. The number of nitrogens with zero attached hydrogens (tertiary/aromatic N) is 2. The highest BCUT2D eigenvalue weighted by atomic mass is 19.4. The van der Waals surface area contributed by atoms with Crippen LogP contribution in [0, 0.1) is 22.9 Å². The van der Waals surface area contributed by atoms with E-state index >= 15 is 0 Å². The van der Waals surface area contributed by atoms with E-state index in [1.807, 2.05) is 0 Å². The smallest absolute Gasteiger partial charge is 0.392 e. The Bertz CT molecular complexity index is 824. The van der Waals surface area contributed by atoms with Gasteiger partial charge in [0.2, 0.25) is 11.7 Å². The summed E-state index contributed by atoms with van der Waals surface area (Å²) in [5.41, 5.74) is 5.20. The number of amides is 1. The van der Waals surface area contributed by atoms with E-state index in [1.54, 1.807) is 0 Å². The lowest BCUT2D eigenvalue weighted by Crippen LogP contribution is -2.54. The van der Waals surface area contributed by atoms with Crippen molar-refractivity contribution >= 4 is 17.6 Å². The molecule has 0 bridgehead atoms. The van der Waals surface area contributed by atoms with E-state index in [0.717, 1.165) is 4.90 Å². The van der Waals surface area contributed by atoms with Crippen molar-refractivity contribution < 1.29 is 40.8 Å². The highest BCUT2D eigenvalue weighted by Crippen LogP contribution is 2.19. The molecule has 1 aromatic rings. The van der Waals surface area contributed by atoms with Gasteiger partial charge in [0.05, 0.1) is 25.6 Å². The number of benzene rings is 1. The van der Waals surface area contributed by atoms with Gasteiger partial charge < -0.3 is 15.7 Å². The monoisotopic (exact) mass is 411 g/mol. The number of amidine groups is 2. The molecule has 12 heteroatoms. The highest BCUT2D eigenvalue weighted by molar-refractivity contribution is 5.90. The van der Waals surface area contributed by atoms with Gasteiger partial charge in [0, 0.05) is 12.5 Å². The third-order valence-corrected chi connectivity index (χ3v) is 4.14. The second-order valence-electron chi connectivity index (χ2n) is 6.22. The number of aliphatic hydroxyl groups is 1. The Kier molecular flexibility index (Phi) is 6.32. The van der Waals surface area contributed by atoms with Crippen molar-refractivity contribution in [1.29, 1.82) is 5.41 Å². The molecule has 0 fully saturated rings. The van der Waals surface area contributed by atoms with Crippen LogP contribution in [0.4, 0.5) is 26.3 Å². The Morgan fingerprint density at radius 3 is 2.43 bits per heavy atom. The summed E-state index contributed by atoms with van der Waals surface area (Å²) in [4.78, 5) is 13.3. The topological polar surface area (TPSA) is 93.4 Å². The van der Waals surface area contributed by atoms with Gasteiger partial charge in [-0.05, 0) is 11.6 Å². The summed E-state index contributed by atoms with van der Waals surface area (Å²) in [6.07, 6.45) is -7.31. The van der Waals surface area contributed by atoms with Crippen LogP contribution < -0.4 is 5.73 Å². The first kappa shape index (κ1) is 21.7. The number of hydrogen-bond donors (Lipinski definition) is 3.